The van der Waals surface area contributed by atoms with Gasteiger partial charge in [-0.15, -0.1) is 5.10 Å². The molecule has 98 valence electrons. The highest BCUT2D eigenvalue weighted by Gasteiger charge is 1.98. The van der Waals surface area contributed by atoms with E-state index < -0.39 is 0 Å². The van der Waals surface area contributed by atoms with Gasteiger partial charge in [0.05, 0.1) is 0 Å². The van der Waals surface area contributed by atoms with Crippen LogP contribution in [0.25, 0.3) is 11.0 Å². The molecule has 2 aromatic carbocycles. The van der Waals surface area contributed by atoms with Crippen LogP contribution in [0.4, 0.5) is 0 Å². The third-order valence-corrected chi connectivity index (χ3v) is 3.17. The summed E-state index contributed by atoms with van der Waals surface area (Å²) in [6.45, 7) is 0. The maximum absolute atomic E-state index is 5.66. The Morgan fingerprint density at radius 1 is 0.900 bits per heavy atom. The van der Waals surface area contributed by atoms with E-state index in [4.69, 9.17) is 16.6 Å². The Kier molecular flexibility index (Phi) is 3.56. The zero-order valence-corrected chi connectivity index (χ0v) is 11.4. The molecule has 0 atom stereocenters. The van der Waals surface area contributed by atoms with Crippen molar-refractivity contribution >= 4 is 28.2 Å². The Bertz CT molecular complexity index is 809. The summed E-state index contributed by atoms with van der Waals surface area (Å²) in [5, 5.41) is 5.21. The topological polar surface area (TPSA) is 37.5 Å². The molecule has 0 saturated carbocycles. The van der Waals surface area contributed by atoms with Crippen molar-refractivity contribution in [1.82, 2.24) is 5.43 Å². The summed E-state index contributed by atoms with van der Waals surface area (Å²) in [7, 11) is 0. The summed E-state index contributed by atoms with van der Waals surface area (Å²) < 4.78 is 5.66. The number of hydrogen-bond donors (Lipinski definition) is 1. The molecule has 20 heavy (non-hydrogen) atoms. The average molecular weight is 280 g/mol. The Morgan fingerprint density at radius 2 is 1.65 bits per heavy atom. The lowest BCUT2D eigenvalue weighted by atomic mass is 10.2. The molecule has 0 aliphatic heterocycles. The minimum absolute atomic E-state index is 0.488. The normalized spacial score (nSPS) is 11.5. The van der Waals surface area contributed by atoms with Crippen LogP contribution in [0.5, 0.6) is 0 Å². The summed E-state index contributed by atoms with van der Waals surface area (Å²) in [5.41, 5.74) is 5.05. The Morgan fingerprint density at radius 3 is 2.50 bits per heavy atom. The second-order valence-electron chi connectivity index (χ2n) is 4.23. The maximum Gasteiger partial charge on any atom is 0.236 e. The van der Waals surface area contributed by atoms with Crippen molar-refractivity contribution in [2.24, 2.45) is 5.10 Å². The lowest BCUT2D eigenvalue weighted by molar-refractivity contribution is 0.531. The van der Waals surface area contributed by atoms with E-state index in [1.807, 2.05) is 66.7 Å². The van der Waals surface area contributed by atoms with Gasteiger partial charge in [0.2, 0.25) is 5.55 Å². The van der Waals surface area contributed by atoms with Gasteiger partial charge in [0.1, 0.15) is 10.6 Å². The van der Waals surface area contributed by atoms with Gasteiger partial charge >= 0.3 is 0 Å². The van der Waals surface area contributed by atoms with Crippen molar-refractivity contribution < 1.29 is 4.42 Å². The molecule has 0 aliphatic carbocycles. The minimum Gasteiger partial charge on any atom is -0.437 e. The first kappa shape index (κ1) is 12.6. The zero-order valence-electron chi connectivity index (χ0n) is 10.6. The van der Waals surface area contributed by atoms with Gasteiger partial charge < -0.3 is 4.42 Å². The van der Waals surface area contributed by atoms with E-state index in [1.54, 1.807) is 0 Å². The van der Waals surface area contributed by atoms with Crippen LogP contribution in [0.15, 0.2) is 76.2 Å². The molecular weight excluding hydrogens is 268 g/mol. The van der Waals surface area contributed by atoms with E-state index in [2.05, 4.69) is 10.5 Å². The van der Waals surface area contributed by atoms with Crippen molar-refractivity contribution in [2.75, 3.05) is 0 Å². The van der Waals surface area contributed by atoms with Gasteiger partial charge in [-0.3, -0.25) is 5.43 Å². The highest BCUT2D eigenvalue weighted by atomic mass is 32.1. The fourth-order valence-corrected chi connectivity index (χ4v) is 2.02. The molecule has 0 bridgehead atoms. The lowest BCUT2D eigenvalue weighted by Gasteiger charge is -2.01. The Hall–Kier alpha value is -2.46. The SMILES string of the molecule is S=C(N/N=c1/ccc2ccccc2o1)c1ccccc1. The molecular formula is C16H12N2OS. The third kappa shape index (κ3) is 2.75. The largest absolute Gasteiger partial charge is 0.437 e. The van der Waals surface area contributed by atoms with Crippen LogP contribution < -0.4 is 11.0 Å². The molecule has 3 nitrogen and oxygen atoms in total. The van der Waals surface area contributed by atoms with Crippen LogP contribution in [0.3, 0.4) is 0 Å². The summed E-state index contributed by atoms with van der Waals surface area (Å²) >= 11 is 5.27. The zero-order chi connectivity index (χ0) is 13.8. The highest BCUT2D eigenvalue weighted by molar-refractivity contribution is 7.80. The van der Waals surface area contributed by atoms with Crippen LogP contribution in [0.2, 0.25) is 0 Å². The quantitative estimate of drug-likeness (QED) is 0.578. The van der Waals surface area contributed by atoms with Gasteiger partial charge in [-0.25, -0.2) is 0 Å². The van der Waals surface area contributed by atoms with Crippen LogP contribution in [0.1, 0.15) is 5.56 Å². The number of benzene rings is 2. The number of nitrogens with zero attached hydrogens (tertiary/aromatic N) is 1. The predicted octanol–water partition coefficient (Wildman–Crippen LogP) is 3.21. The summed E-state index contributed by atoms with van der Waals surface area (Å²) in [4.78, 5) is 0.564. The molecule has 3 aromatic rings. The van der Waals surface area contributed by atoms with Crippen LogP contribution >= 0.6 is 12.2 Å². The standard InChI is InChI=1S/C16H12N2OS/c20-16(13-7-2-1-3-8-13)18-17-15-11-10-12-6-4-5-9-14(12)19-15/h1-11H,(H,18,20)/b17-15-. The van der Waals surface area contributed by atoms with E-state index in [1.165, 1.54) is 0 Å². The van der Waals surface area contributed by atoms with Gasteiger partial charge in [0, 0.05) is 17.0 Å². The number of rotatable bonds is 2. The van der Waals surface area contributed by atoms with E-state index in [0.717, 1.165) is 16.5 Å². The van der Waals surface area contributed by atoms with Crippen molar-refractivity contribution in [3.63, 3.8) is 0 Å². The van der Waals surface area contributed by atoms with E-state index in [-0.39, 0.29) is 0 Å². The smallest absolute Gasteiger partial charge is 0.236 e. The predicted molar refractivity (Wildman–Crippen MR) is 83.1 cm³/mol. The van der Waals surface area contributed by atoms with Gasteiger partial charge in [-0.2, -0.15) is 0 Å². The molecule has 1 N–H and O–H groups in total. The monoisotopic (exact) mass is 280 g/mol. The van der Waals surface area contributed by atoms with Gasteiger partial charge in [-0.05, 0) is 12.1 Å². The highest BCUT2D eigenvalue weighted by Crippen LogP contribution is 2.09. The molecule has 1 aromatic heterocycles. The van der Waals surface area contributed by atoms with Gasteiger partial charge in [-0.1, -0.05) is 60.7 Å². The second kappa shape index (κ2) is 5.67. The third-order valence-electron chi connectivity index (χ3n) is 2.84. The van der Waals surface area contributed by atoms with E-state index in [9.17, 15) is 0 Å². The van der Waals surface area contributed by atoms with Crippen molar-refractivity contribution in [3.8, 4) is 0 Å². The number of fused-ring (bicyclic) bond motifs is 1. The number of thiocarbonyl (C=S) groups is 1. The van der Waals surface area contributed by atoms with Crippen molar-refractivity contribution in [3.05, 3.63) is 77.8 Å². The number of para-hydroxylation sites is 1. The molecule has 1 heterocycles. The molecule has 3 rings (SSSR count). The molecule has 0 radical (unpaired) electrons. The molecule has 4 heteroatoms. The Labute approximate surface area is 121 Å². The number of nitrogens with one attached hydrogen (secondary N) is 1. The maximum atomic E-state index is 5.66. The molecule has 0 aliphatic rings. The van der Waals surface area contributed by atoms with Gasteiger partial charge in [0.15, 0.2) is 0 Å². The molecule has 0 amide bonds. The van der Waals surface area contributed by atoms with E-state index >= 15 is 0 Å². The molecule has 0 saturated heterocycles. The van der Waals surface area contributed by atoms with Gasteiger partial charge in [0.25, 0.3) is 0 Å². The van der Waals surface area contributed by atoms with E-state index in [0.29, 0.717) is 10.5 Å². The minimum atomic E-state index is 0.488. The Balaban J connectivity index is 1.86. The average Bonchev–Trinajstić information content (AvgIpc) is 2.53. The molecule has 0 unspecified atom stereocenters. The second-order valence-corrected chi connectivity index (χ2v) is 4.64. The van der Waals surface area contributed by atoms with Crippen molar-refractivity contribution in [2.45, 2.75) is 0 Å². The summed E-state index contributed by atoms with van der Waals surface area (Å²) in [6.07, 6.45) is 0. The fraction of sp³-hybridized carbons (Fsp3) is 0. The van der Waals surface area contributed by atoms with Crippen LogP contribution in [-0.4, -0.2) is 4.99 Å². The summed E-state index contributed by atoms with van der Waals surface area (Å²) in [6, 6.07) is 21.2. The van der Waals surface area contributed by atoms with Crippen molar-refractivity contribution in [1.29, 1.82) is 0 Å². The molecule has 0 fully saturated rings. The number of hydrogen-bond acceptors (Lipinski definition) is 3. The first-order valence-corrected chi connectivity index (χ1v) is 6.62. The lowest BCUT2D eigenvalue weighted by Crippen LogP contribution is -2.19. The first-order valence-electron chi connectivity index (χ1n) is 6.21. The van der Waals surface area contributed by atoms with Crippen LogP contribution in [-0.2, 0) is 0 Å². The van der Waals surface area contributed by atoms with Crippen LogP contribution in [0, 0.1) is 0 Å². The first-order chi connectivity index (χ1) is 9.83. The fourth-order valence-electron chi connectivity index (χ4n) is 1.84. The summed E-state index contributed by atoms with van der Waals surface area (Å²) in [5.74, 6) is 0. The molecule has 0 spiro atoms.